The Kier molecular flexibility index (Phi) is 3.93. The summed E-state index contributed by atoms with van der Waals surface area (Å²) in [4.78, 5) is 14.9. The molecule has 0 aliphatic heterocycles. The molecule has 21 heavy (non-hydrogen) atoms. The number of carbonyl (C=O) groups excluding carboxylic acids is 1. The SMILES string of the molecule is CC(=O)c1ccc(Nc2ccc(F)cc2C(F)(F)F)cn1. The molecule has 1 N–H and O–H groups in total. The van der Waals surface area contributed by atoms with Gasteiger partial charge in [0, 0.05) is 6.92 Å². The van der Waals surface area contributed by atoms with Gasteiger partial charge < -0.3 is 5.32 Å². The molecule has 1 aromatic heterocycles. The van der Waals surface area contributed by atoms with E-state index >= 15 is 0 Å². The number of rotatable bonds is 3. The second-order valence-electron chi connectivity index (χ2n) is 4.30. The summed E-state index contributed by atoms with van der Waals surface area (Å²) < 4.78 is 51.5. The van der Waals surface area contributed by atoms with Gasteiger partial charge in [0.1, 0.15) is 11.5 Å². The van der Waals surface area contributed by atoms with Gasteiger partial charge in [0.25, 0.3) is 0 Å². The summed E-state index contributed by atoms with van der Waals surface area (Å²) in [6, 6.07) is 5.15. The first-order chi connectivity index (χ1) is 9.77. The van der Waals surface area contributed by atoms with E-state index in [1.165, 1.54) is 25.3 Å². The molecule has 0 aliphatic carbocycles. The minimum absolute atomic E-state index is 0.204. The molecule has 0 atom stereocenters. The summed E-state index contributed by atoms with van der Waals surface area (Å²) in [5.74, 6) is -1.22. The molecular formula is C14H10F4N2O. The predicted octanol–water partition coefficient (Wildman–Crippen LogP) is 4.19. The maximum atomic E-state index is 13.0. The third-order valence-corrected chi connectivity index (χ3v) is 2.69. The molecule has 3 nitrogen and oxygen atoms in total. The Morgan fingerprint density at radius 1 is 1.19 bits per heavy atom. The number of nitrogens with zero attached hydrogens (tertiary/aromatic N) is 1. The average Bonchev–Trinajstić information content (AvgIpc) is 2.40. The largest absolute Gasteiger partial charge is 0.418 e. The quantitative estimate of drug-likeness (QED) is 0.682. The van der Waals surface area contributed by atoms with Crippen LogP contribution in [0.3, 0.4) is 0 Å². The molecule has 1 heterocycles. The molecule has 2 aromatic rings. The van der Waals surface area contributed by atoms with E-state index < -0.39 is 17.6 Å². The Bertz CT molecular complexity index is 666. The Hall–Kier alpha value is -2.44. The zero-order valence-electron chi connectivity index (χ0n) is 10.8. The fraction of sp³-hybridized carbons (Fsp3) is 0.143. The van der Waals surface area contributed by atoms with Gasteiger partial charge in [-0.1, -0.05) is 0 Å². The Morgan fingerprint density at radius 2 is 1.90 bits per heavy atom. The molecule has 0 aliphatic rings. The van der Waals surface area contributed by atoms with Gasteiger partial charge in [0.2, 0.25) is 0 Å². The van der Waals surface area contributed by atoms with Crippen molar-refractivity contribution < 1.29 is 22.4 Å². The van der Waals surface area contributed by atoms with Crippen LogP contribution in [0.25, 0.3) is 0 Å². The second kappa shape index (κ2) is 5.51. The van der Waals surface area contributed by atoms with Crippen LogP contribution in [0.4, 0.5) is 28.9 Å². The van der Waals surface area contributed by atoms with Crippen LogP contribution in [0.2, 0.25) is 0 Å². The van der Waals surface area contributed by atoms with Crippen LogP contribution in [-0.4, -0.2) is 10.8 Å². The molecule has 0 fully saturated rings. The average molecular weight is 298 g/mol. The lowest BCUT2D eigenvalue weighted by molar-refractivity contribution is -0.137. The van der Waals surface area contributed by atoms with Gasteiger partial charge >= 0.3 is 6.18 Å². The number of aromatic nitrogens is 1. The minimum Gasteiger partial charge on any atom is -0.354 e. The highest BCUT2D eigenvalue weighted by molar-refractivity contribution is 5.92. The molecular weight excluding hydrogens is 288 g/mol. The third-order valence-electron chi connectivity index (χ3n) is 2.69. The van der Waals surface area contributed by atoms with Crippen molar-refractivity contribution in [1.82, 2.24) is 4.98 Å². The van der Waals surface area contributed by atoms with E-state index in [1.54, 1.807) is 0 Å². The van der Waals surface area contributed by atoms with Gasteiger partial charge in [-0.05, 0) is 30.3 Å². The molecule has 0 radical (unpaired) electrons. The number of benzene rings is 1. The molecule has 0 spiro atoms. The van der Waals surface area contributed by atoms with Crippen LogP contribution < -0.4 is 5.32 Å². The number of hydrogen-bond acceptors (Lipinski definition) is 3. The number of pyridine rings is 1. The molecule has 1 aromatic carbocycles. The van der Waals surface area contributed by atoms with Gasteiger partial charge in [0.05, 0.1) is 23.1 Å². The van der Waals surface area contributed by atoms with E-state index in [0.717, 1.165) is 12.1 Å². The van der Waals surface area contributed by atoms with Gasteiger partial charge in [0.15, 0.2) is 5.78 Å². The topological polar surface area (TPSA) is 42.0 Å². The predicted molar refractivity (Wildman–Crippen MR) is 68.9 cm³/mol. The van der Waals surface area contributed by atoms with Crippen LogP contribution in [0, 0.1) is 5.82 Å². The minimum atomic E-state index is -4.68. The fourth-order valence-electron chi connectivity index (χ4n) is 1.69. The summed E-state index contributed by atoms with van der Waals surface area (Å²) in [5, 5.41) is 2.51. The van der Waals surface area contributed by atoms with Crippen molar-refractivity contribution in [2.24, 2.45) is 0 Å². The Morgan fingerprint density at radius 3 is 2.43 bits per heavy atom. The highest BCUT2D eigenvalue weighted by Gasteiger charge is 2.34. The summed E-state index contributed by atoms with van der Waals surface area (Å²) in [5.41, 5.74) is -0.938. The first kappa shape index (κ1) is 15.0. The van der Waals surface area contributed by atoms with E-state index in [0.29, 0.717) is 6.07 Å². The van der Waals surface area contributed by atoms with Crippen molar-refractivity contribution in [3.8, 4) is 0 Å². The first-order valence-electron chi connectivity index (χ1n) is 5.88. The normalized spacial score (nSPS) is 11.3. The maximum absolute atomic E-state index is 13.0. The summed E-state index contributed by atoms with van der Waals surface area (Å²) in [6.07, 6.45) is -3.45. The second-order valence-corrected chi connectivity index (χ2v) is 4.30. The molecule has 0 saturated heterocycles. The van der Waals surface area contributed by atoms with Gasteiger partial charge in [-0.3, -0.25) is 9.78 Å². The van der Waals surface area contributed by atoms with Crippen LogP contribution in [0.15, 0.2) is 36.5 Å². The van der Waals surface area contributed by atoms with Crippen LogP contribution in [0.5, 0.6) is 0 Å². The molecule has 7 heteroatoms. The molecule has 0 saturated carbocycles. The van der Waals surface area contributed by atoms with Gasteiger partial charge in [-0.15, -0.1) is 0 Å². The van der Waals surface area contributed by atoms with Crippen molar-refractivity contribution in [2.75, 3.05) is 5.32 Å². The highest BCUT2D eigenvalue weighted by atomic mass is 19.4. The van der Waals surface area contributed by atoms with E-state index in [2.05, 4.69) is 10.3 Å². The zero-order chi connectivity index (χ0) is 15.6. The number of alkyl halides is 3. The first-order valence-corrected chi connectivity index (χ1v) is 5.88. The van der Waals surface area contributed by atoms with Gasteiger partial charge in [-0.25, -0.2) is 4.39 Å². The monoisotopic (exact) mass is 298 g/mol. The number of hydrogen-bond donors (Lipinski definition) is 1. The fourth-order valence-corrected chi connectivity index (χ4v) is 1.69. The number of ketones is 1. The number of Topliss-reactive ketones (excluding diaryl/α,β-unsaturated/α-hetero) is 1. The Balaban J connectivity index is 2.33. The van der Waals surface area contributed by atoms with Crippen molar-refractivity contribution in [3.05, 3.63) is 53.6 Å². The maximum Gasteiger partial charge on any atom is 0.418 e. The lowest BCUT2D eigenvalue weighted by Crippen LogP contribution is -2.09. The van der Waals surface area contributed by atoms with Gasteiger partial charge in [-0.2, -0.15) is 13.2 Å². The standard InChI is InChI=1S/C14H10F4N2O/c1-8(21)12-5-3-10(7-19-12)20-13-4-2-9(15)6-11(13)14(16,17)18/h2-7,20H,1H3. The van der Waals surface area contributed by atoms with Crippen molar-refractivity contribution >= 4 is 17.2 Å². The Labute approximate surface area is 117 Å². The van der Waals surface area contributed by atoms with Crippen molar-refractivity contribution in [3.63, 3.8) is 0 Å². The number of halogens is 4. The number of anilines is 2. The highest BCUT2D eigenvalue weighted by Crippen LogP contribution is 2.36. The van der Waals surface area contributed by atoms with Crippen LogP contribution in [0.1, 0.15) is 23.0 Å². The van der Waals surface area contributed by atoms with E-state index in [4.69, 9.17) is 0 Å². The number of carbonyl (C=O) groups is 1. The smallest absolute Gasteiger partial charge is 0.354 e. The molecule has 0 amide bonds. The van der Waals surface area contributed by atoms with Crippen LogP contribution >= 0.6 is 0 Å². The zero-order valence-corrected chi connectivity index (χ0v) is 10.8. The molecule has 110 valence electrons. The third kappa shape index (κ3) is 3.56. The number of nitrogens with one attached hydrogen (secondary N) is 1. The lowest BCUT2D eigenvalue weighted by atomic mass is 10.1. The summed E-state index contributed by atoms with van der Waals surface area (Å²) >= 11 is 0. The van der Waals surface area contributed by atoms with E-state index in [9.17, 15) is 22.4 Å². The van der Waals surface area contributed by atoms with Crippen molar-refractivity contribution in [2.45, 2.75) is 13.1 Å². The molecule has 2 rings (SSSR count). The molecule has 0 unspecified atom stereocenters. The summed E-state index contributed by atoms with van der Waals surface area (Å²) in [7, 11) is 0. The van der Waals surface area contributed by atoms with E-state index in [1.807, 2.05) is 0 Å². The summed E-state index contributed by atoms with van der Waals surface area (Å²) in [6.45, 7) is 1.33. The van der Waals surface area contributed by atoms with E-state index in [-0.39, 0.29) is 22.9 Å². The van der Waals surface area contributed by atoms with Crippen molar-refractivity contribution in [1.29, 1.82) is 0 Å². The van der Waals surface area contributed by atoms with Crippen LogP contribution in [-0.2, 0) is 6.18 Å². The molecule has 0 bridgehead atoms. The lowest BCUT2D eigenvalue weighted by Gasteiger charge is -2.14.